The number of nitrogen functional groups attached to an aromatic ring is 1. The smallest absolute Gasteiger partial charge is 0.237 e. The zero-order valence-corrected chi connectivity index (χ0v) is 9.72. The highest BCUT2D eigenvalue weighted by molar-refractivity contribution is 7.99. The van der Waals surface area contributed by atoms with E-state index < -0.39 is 0 Å². The molecule has 0 unspecified atom stereocenters. The van der Waals surface area contributed by atoms with E-state index in [1.165, 1.54) is 24.3 Å². The van der Waals surface area contributed by atoms with E-state index in [2.05, 4.69) is 4.98 Å². The van der Waals surface area contributed by atoms with Crippen molar-refractivity contribution in [2.75, 3.05) is 24.3 Å². The molecule has 0 atom stereocenters. The normalized spacial score (nSPS) is 17.7. The molecule has 82 valence electrons. The third-order valence-electron chi connectivity index (χ3n) is 2.74. The molecule has 4 heteroatoms. The molecule has 3 nitrogen and oxygen atoms in total. The molecule has 0 aromatic carbocycles. The highest BCUT2D eigenvalue weighted by atomic mass is 32.2. The van der Waals surface area contributed by atoms with Gasteiger partial charge in [-0.05, 0) is 36.5 Å². The Morgan fingerprint density at radius 3 is 2.80 bits per heavy atom. The van der Waals surface area contributed by atoms with Crippen molar-refractivity contribution < 1.29 is 4.74 Å². The average Bonchev–Trinajstić information content (AvgIpc) is 2.31. The molecule has 2 rings (SSSR count). The Morgan fingerprint density at radius 2 is 2.13 bits per heavy atom. The maximum Gasteiger partial charge on any atom is 0.237 e. The number of anilines is 1. The summed E-state index contributed by atoms with van der Waals surface area (Å²) in [5.41, 5.74) is 7.48. The van der Waals surface area contributed by atoms with Crippen LogP contribution in [-0.4, -0.2) is 23.6 Å². The lowest BCUT2D eigenvalue weighted by atomic mass is 9.98. The molecule has 0 spiro atoms. The van der Waals surface area contributed by atoms with Crippen LogP contribution in [0, 0.1) is 0 Å². The van der Waals surface area contributed by atoms with E-state index in [9.17, 15) is 0 Å². The van der Waals surface area contributed by atoms with Crippen LogP contribution in [0.15, 0.2) is 12.1 Å². The third-order valence-corrected chi connectivity index (χ3v) is 3.79. The number of nitrogens with zero attached hydrogens (tertiary/aromatic N) is 1. The molecule has 0 radical (unpaired) electrons. The molecule has 1 aromatic rings. The highest BCUT2D eigenvalue weighted by Gasteiger charge is 2.18. The van der Waals surface area contributed by atoms with Gasteiger partial charge in [0.1, 0.15) is 0 Å². The third kappa shape index (κ3) is 2.37. The van der Waals surface area contributed by atoms with Crippen molar-refractivity contribution in [2.45, 2.75) is 18.8 Å². The van der Waals surface area contributed by atoms with Crippen molar-refractivity contribution in [1.82, 2.24) is 4.98 Å². The van der Waals surface area contributed by atoms with Gasteiger partial charge in [0, 0.05) is 11.6 Å². The lowest BCUT2D eigenvalue weighted by Gasteiger charge is -2.21. The molecule has 2 heterocycles. The minimum atomic E-state index is 0.561. The van der Waals surface area contributed by atoms with Crippen molar-refractivity contribution in [1.29, 1.82) is 0 Å². The molecular formula is C11H16N2OS. The van der Waals surface area contributed by atoms with Crippen LogP contribution in [0.2, 0.25) is 0 Å². The Hall–Kier alpha value is -0.900. The summed E-state index contributed by atoms with van der Waals surface area (Å²) in [6, 6.07) is 3.92. The van der Waals surface area contributed by atoms with E-state index in [4.69, 9.17) is 10.5 Å². The number of ether oxygens (including phenoxy) is 1. The predicted octanol–water partition coefficient (Wildman–Crippen LogP) is 2.28. The van der Waals surface area contributed by atoms with Crippen LogP contribution in [0.3, 0.4) is 0 Å². The molecular weight excluding hydrogens is 208 g/mol. The maximum atomic E-state index is 5.74. The first-order chi connectivity index (χ1) is 7.31. The first kappa shape index (κ1) is 10.6. The fraction of sp³-hybridized carbons (Fsp3) is 0.545. The second-order valence-electron chi connectivity index (χ2n) is 3.72. The van der Waals surface area contributed by atoms with Gasteiger partial charge in [-0.25, -0.2) is 4.98 Å². The Kier molecular flexibility index (Phi) is 3.36. The SMILES string of the molecule is COc1nc(C2CCSCC2)ccc1N. The van der Waals surface area contributed by atoms with E-state index in [1.807, 2.05) is 23.9 Å². The van der Waals surface area contributed by atoms with Crippen LogP contribution >= 0.6 is 11.8 Å². The Bertz CT molecular complexity index is 337. The zero-order chi connectivity index (χ0) is 10.7. The standard InChI is InChI=1S/C11H16N2OS/c1-14-11-9(12)2-3-10(13-11)8-4-6-15-7-5-8/h2-3,8H,4-7,12H2,1H3. The second kappa shape index (κ2) is 4.75. The van der Waals surface area contributed by atoms with E-state index in [1.54, 1.807) is 7.11 Å². The average molecular weight is 224 g/mol. The molecule has 1 saturated heterocycles. The lowest BCUT2D eigenvalue weighted by Crippen LogP contribution is -2.10. The molecule has 1 aliphatic rings. The minimum absolute atomic E-state index is 0.561. The molecule has 0 saturated carbocycles. The first-order valence-corrected chi connectivity index (χ1v) is 6.35. The molecule has 0 amide bonds. The second-order valence-corrected chi connectivity index (χ2v) is 4.95. The Labute approximate surface area is 94.4 Å². The van der Waals surface area contributed by atoms with Gasteiger partial charge in [-0.3, -0.25) is 0 Å². The Morgan fingerprint density at radius 1 is 1.40 bits per heavy atom. The zero-order valence-electron chi connectivity index (χ0n) is 8.90. The summed E-state index contributed by atoms with van der Waals surface area (Å²) in [4.78, 5) is 4.46. The van der Waals surface area contributed by atoms with Crippen LogP contribution in [0.5, 0.6) is 5.88 Å². The summed E-state index contributed by atoms with van der Waals surface area (Å²) in [5.74, 6) is 3.62. The van der Waals surface area contributed by atoms with Crippen molar-refractivity contribution in [3.05, 3.63) is 17.8 Å². The quantitative estimate of drug-likeness (QED) is 0.837. The number of thioether (sulfide) groups is 1. The molecule has 15 heavy (non-hydrogen) atoms. The molecule has 1 aromatic heterocycles. The van der Waals surface area contributed by atoms with Crippen LogP contribution in [0.1, 0.15) is 24.5 Å². The van der Waals surface area contributed by atoms with Gasteiger partial charge in [-0.1, -0.05) is 0 Å². The summed E-state index contributed by atoms with van der Waals surface area (Å²) in [6.45, 7) is 0. The van der Waals surface area contributed by atoms with Gasteiger partial charge in [0.2, 0.25) is 5.88 Å². The first-order valence-electron chi connectivity index (χ1n) is 5.19. The predicted molar refractivity (Wildman–Crippen MR) is 64.5 cm³/mol. The monoisotopic (exact) mass is 224 g/mol. The van der Waals surface area contributed by atoms with Crippen LogP contribution in [-0.2, 0) is 0 Å². The maximum absolute atomic E-state index is 5.74. The Balaban J connectivity index is 2.20. The highest BCUT2D eigenvalue weighted by Crippen LogP contribution is 2.32. The van der Waals surface area contributed by atoms with E-state index in [0.717, 1.165) is 5.69 Å². The van der Waals surface area contributed by atoms with Gasteiger partial charge >= 0.3 is 0 Å². The number of hydrogen-bond acceptors (Lipinski definition) is 4. The van der Waals surface area contributed by atoms with E-state index in [-0.39, 0.29) is 0 Å². The molecule has 1 fully saturated rings. The van der Waals surface area contributed by atoms with Gasteiger partial charge in [0.15, 0.2) is 0 Å². The van der Waals surface area contributed by atoms with E-state index in [0.29, 0.717) is 17.5 Å². The molecule has 0 bridgehead atoms. The number of hydrogen-bond donors (Lipinski definition) is 1. The van der Waals surface area contributed by atoms with Crippen LogP contribution in [0.4, 0.5) is 5.69 Å². The molecule has 2 N–H and O–H groups in total. The van der Waals surface area contributed by atoms with Crippen molar-refractivity contribution in [3.8, 4) is 5.88 Å². The van der Waals surface area contributed by atoms with Crippen molar-refractivity contribution >= 4 is 17.4 Å². The van der Waals surface area contributed by atoms with Crippen LogP contribution < -0.4 is 10.5 Å². The van der Waals surface area contributed by atoms with Gasteiger partial charge in [-0.2, -0.15) is 11.8 Å². The fourth-order valence-corrected chi connectivity index (χ4v) is 2.96. The van der Waals surface area contributed by atoms with E-state index >= 15 is 0 Å². The van der Waals surface area contributed by atoms with Crippen molar-refractivity contribution in [2.24, 2.45) is 0 Å². The summed E-state index contributed by atoms with van der Waals surface area (Å²) in [7, 11) is 1.61. The number of pyridine rings is 1. The van der Waals surface area contributed by atoms with Gasteiger partial charge < -0.3 is 10.5 Å². The topological polar surface area (TPSA) is 48.1 Å². The molecule has 1 aliphatic heterocycles. The lowest BCUT2D eigenvalue weighted by molar-refractivity contribution is 0.396. The van der Waals surface area contributed by atoms with Gasteiger partial charge in [0.05, 0.1) is 12.8 Å². The van der Waals surface area contributed by atoms with Crippen LogP contribution in [0.25, 0.3) is 0 Å². The van der Waals surface area contributed by atoms with Gasteiger partial charge in [-0.15, -0.1) is 0 Å². The molecule has 0 aliphatic carbocycles. The largest absolute Gasteiger partial charge is 0.480 e. The summed E-state index contributed by atoms with van der Waals surface area (Å²) < 4.78 is 5.14. The number of nitrogens with two attached hydrogens (primary N) is 1. The van der Waals surface area contributed by atoms with Crippen molar-refractivity contribution in [3.63, 3.8) is 0 Å². The number of aromatic nitrogens is 1. The minimum Gasteiger partial charge on any atom is -0.480 e. The summed E-state index contributed by atoms with van der Waals surface area (Å²) >= 11 is 2.02. The summed E-state index contributed by atoms with van der Waals surface area (Å²) in [6.07, 6.45) is 2.43. The number of methoxy groups -OCH3 is 1. The summed E-state index contributed by atoms with van der Waals surface area (Å²) in [5, 5.41) is 0. The fourth-order valence-electron chi connectivity index (χ4n) is 1.85. The van der Waals surface area contributed by atoms with Gasteiger partial charge in [0.25, 0.3) is 0 Å². The number of rotatable bonds is 2.